The molecule has 0 aromatic carbocycles. The van der Waals surface area contributed by atoms with Crippen LogP contribution in [-0.2, 0) is 29.4 Å². The van der Waals surface area contributed by atoms with Crippen LogP contribution in [0, 0.1) is 5.92 Å². The summed E-state index contributed by atoms with van der Waals surface area (Å²) in [5, 5.41) is 7.71. The van der Waals surface area contributed by atoms with Crippen molar-refractivity contribution in [2.75, 3.05) is 19.8 Å². The van der Waals surface area contributed by atoms with Gasteiger partial charge in [-0.1, -0.05) is 13.8 Å². The molecule has 1 aromatic rings. The third-order valence-electron chi connectivity index (χ3n) is 3.71. The average Bonchev–Trinajstić information content (AvgIpc) is 2.97. The number of ketones is 1. The normalized spacial score (nSPS) is 22.9. The van der Waals surface area contributed by atoms with E-state index in [4.69, 9.17) is 4.74 Å². The molecular weight excluding hydrogens is 242 g/mol. The minimum atomic E-state index is -0.0278. The molecule has 19 heavy (non-hydrogen) atoms. The van der Waals surface area contributed by atoms with Gasteiger partial charge in [-0.05, 0) is 19.0 Å². The van der Waals surface area contributed by atoms with E-state index in [1.54, 1.807) is 0 Å². The highest BCUT2D eigenvalue weighted by molar-refractivity contribution is 5.84. The molecule has 0 aliphatic carbocycles. The maximum atomic E-state index is 12.4. The van der Waals surface area contributed by atoms with Gasteiger partial charge in [-0.3, -0.25) is 9.48 Å². The van der Waals surface area contributed by atoms with Crippen LogP contribution in [0.4, 0.5) is 0 Å². The predicted molar refractivity (Wildman–Crippen MR) is 73.1 cm³/mol. The van der Waals surface area contributed by atoms with E-state index in [2.05, 4.69) is 24.3 Å². The van der Waals surface area contributed by atoms with Gasteiger partial charge in [0, 0.05) is 25.2 Å². The fourth-order valence-electron chi connectivity index (χ4n) is 2.55. The van der Waals surface area contributed by atoms with Crippen molar-refractivity contribution in [2.24, 2.45) is 13.0 Å². The first-order valence-corrected chi connectivity index (χ1v) is 7.01. The summed E-state index contributed by atoms with van der Waals surface area (Å²) >= 11 is 0. The van der Waals surface area contributed by atoms with Gasteiger partial charge in [0.1, 0.15) is 5.78 Å². The zero-order chi connectivity index (χ0) is 13.8. The second-order valence-electron chi connectivity index (χ2n) is 5.06. The molecule has 2 heterocycles. The number of aromatic nitrogens is 2. The number of likely N-dealkylation sites (N-methyl/N-ethyl adjacent to an activating group) is 1. The molecule has 2 rings (SSSR count). The summed E-state index contributed by atoms with van der Waals surface area (Å²) in [6.07, 6.45) is 1.34. The largest absolute Gasteiger partial charge is 0.379 e. The van der Waals surface area contributed by atoms with Crippen LogP contribution in [0.5, 0.6) is 0 Å². The van der Waals surface area contributed by atoms with E-state index < -0.39 is 0 Å². The van der Waals surface area contributed by atoms with Gasteiger partial charge in [0.2, 0.25) is 0 Å². The number of nitrogens with one attached hydrogen (secondary N) is 1. The van der Waals surface area contributed by atoms with Crippen molar-refractivity contribution in [2.45, 2.75) is 32.7 Å². The van der Waals surface area contributed by atoms with E-state index in [9.17, 15) is 4.79 Å². The van der Waals surface area contributed by atoms with E-state index in [1.807, 2.05) is 17.8 Å². The molecular formula is C14H23N3O2. The number of hydrogen-bond acceptors (Lipinski definition) is 4. The van der Waals surface area contributed by atoms with Crippen LogP contribution in [-0.4, -0.2) is 41.4 Å². The fraction of sp³-hybridized carbons (Fsp3) is 0.714. The lowest BCUT2D eigenvalue weighted by molar-refractivity contribution is -0.122. The molecule has 1 aliphatic rings. The van der Waals surface area contributed by atoms with Crippen LogP contribution in [0.25, 0.3) is 0 Å². The van der Waals surface area contributed by atoms with Crippen molar-refractivity contribution < 1.29 is 9.53 Å². The molecule has 1 aromatic heterocycles. The second kappa shape index (κ2) is 6.30. The molecule has 5 nitrogen and oxygen atoms in total. The molecule has 0 saturated carbocycles. The first kappa shape index (κ1) is 14.2. The van der Waals surface area contributed by atoms with Crippen LogP contribution in [0.15, 0.2) is 6.07 Å². The van der Waals surface area contributed by atoms with Gasteiger partial charge in [-0.15, -0.1) is 0 Å². The third kappa shape index (κ3) is 3.22. The Morgan fingerprint density at radius 1 is 1.53 bits per heavy atom. The fourth-order valence-corrected chi connectivity index (χ4v) is 2.55. The van der Waals surface area contributed by atoms with Crippen LogP contribution in [0.1, 0.15) is 25.2 Å². The van der Waals surface area contributed by atoms with Crippen LogP contribution in [0.3, 0.4) is 0 Å². The van der Waals surface area contributed by atoms with Crippen molar-refractivity contribution in [1.82, 2.24) is 15.1 Å². The van der Waals surface area contributed by atoms with Gasteiger partial charge in [-0.2, -0.15) is 5.10 Å². The smallest absolute Gasteiger partial charge is 0.145 e. The van der Waals surface area contributed by atoms with Gasteiger partial charge in [0.15, 0.2) is 0 Å². The van der Waals surface area contributed by atoms with Gasteiger partial charge in [0.25, 0.3) is 0 Å². The molecule has 2 unspecified atom stereocenters. The summed E-state index contributed by atoms with van der Waals surface area (Å²) in [6, 6.07) is 2.19. The van der Waals surface area contributed by atoms with Crippen LogP contribution in [0.2, 0.25) is 0 Å². The topological polar surface area (TPSA) is 56.1 Å². The molecule has 1 aliphatic heterocycles. The van der Waals surface area contributed by atoms with E-state index in [1.165, 1.54) is 0 Å². The molecule has 0 spiro atoms. The van der Waals surface area contributed by atoms with E-state index >= 15 is 0 Å². The SMILES string of the molecule is CCNC1COCC1C(=O)Cc1cc(CC)nn1C. The molecule has 0 amide bonds. The molecule has 1 N–H and O–H groups in total. The quantitative estimate of drug-likeness (QED) is 0.823. The average molecular weight is 265 g/mol. The summed E-state index contributed by atoms with van der Waals surface area (Å²) in [7, 11) is 1.90. The maximum Gasteiger partial charge on any atom is 0.145 e. The Morgan fingerprint density at radius 3 is 2.95 bits per heavy atom. The zero-order valence-corrected chi connectivity index (χ0v) is 12.0. The molecule has 1 saturated heterocycles. The first-order valence-electron chi connectivity index (χ1n) is 7.01. The minimum absolute atomic E-state index is 0.0278. The summed E-state index contributed by atoms with van der Waals surface area (Å²) in [6.45, 7) is 6.16. The van der Waals surface area contributed by atoms with Gasteiger partial charge in [0.05, 0.1) is 24.8 Å². The van der Waals surface area contributed by atoms with Crippen molar-refractivity contribution in [3.8, 4) is 0 Å². The summed E-state index contributed by atoms with van der Waals surface area (Å²) in [5.74, 6) is 0.217. The predicted octanol–water partition coefficient (Wildman–Crippen LogP) is 0.719. The number of Topliss-reactive ketones (excluding diaryl/α,β-unsaturated/α-hetero) is 1. The Hall–Kier alpha value is -1.20. The minimum Gasteiger partial charge on any atom is -0.379 e. The number of ether oxygens (including phenoxy) is 1. The highest BCUT2D eigenvalue weighted by atomic mass is 16.5. The lowest BCUT2D eigenvalue weighted by atomic mass is 9.95. The number of carbonyl (C=O) groups is 1. The molecule has 1 fully saturated rings. The Kier molecular flexibility index (Phi) is 4.71. The van der Waals surface area contributed by atoms with Gasteiger partial charge in [-0.25, -0.2) is 0 Å². The van der Waals surface area contributed by atoms with E-state index in [0.29, 0.717) is 19.6 Å². The molecule has 106 valence electrons. The number of aryl methyl sites for hydroxylation is 2. The number of carbonyl (C=O) groups excluding carboxylic acids is 1. The highest BCUT2D eigenvalue weighted by Crippen LogP contribution is 2.17. The van der Waals surface area contributed by atoms with Crippen LogP contribution < -0.4 is 5.32 Å². The monoisotopic (exact) mass is 265 g/mol. The van der Waals surface area contributed by atoms with Gasteiger partial charge >= 0.3 is 0 Å². The van der Waals surface area contributed by atoms with Crippen molar-refractivity contribution in [3.05, 3.63) is 17.5 Å². The zero-order valence-electron chi connectivity index (χ0n) is 12.0. The lowest BCUT2D eigenvalue weighted by Crippen LogP contribution is -2.39. The summed E-state index contributed by atoms with van der Waals surface area (Å²) < 4.78 is 7.25. The molecule has 2 atom stereocenters. The van der Waals surface area contributed by atoms with Crippen molar-refractivity contribution >= 4 is 5.78 Å². The standard InChI is InChI=1S/C14H23N3O2/c1-4-10-6-11(17(3)16-10)7-14(18)12-8-19-9-13(12)15-5-2/h6,12-13,15H,4-5,7-9H2,1-3H3. The van der Waals surface area contributed by atoms with Crippen molar-refractivity contribution in [3.63, 3.8) is 0 Å². The molecule has 0 radical (unpaired) electrons. The number of nitrogens with zero attached hydrogens (tertiary/aromatic N) is 2. The summed E-state index contributed by atoms with van der Waals surface area (Å²) in [5.41, 5.74) is 2.03. The van der Waals surface area contributed by atoms with E-state index in [0.717, 1.165) is 24.4 Å². The maximum absolute atomic E-state index is 12.4. The molecule has 5 heteroatoms. The highest BCUT2D eigenvalue weighted by Gasteiger charge is 2.33. The Morgan fingerprint density at radius 2 is 2.32 bits per heavy atom. The second-order valence-corrected chi connectivity index (χ2v) is 5.06. The Bertz CT molecular complexity index is 442. The first-order chi connectivity index (χ1) is 9.15. The number of hydrogen-bond donors (Lipinski definition) is 1. The van der Waals surface area contributed by atoms with Crippen molar-refractivity contribution in [1.29, 1.82) is 0 Å². The number of rotatable bonds is 6. The van der Waals surface area contributed by atoms with Gasteiger partial charge < -0.3 is 10.1 Å². The lowest BCUT2D eigenvalue weighted by Gasteiger charge is -2.16. The Labute approximate surface area is 114 Å². The molecule has 0 bridgehead atoms. The summed E-state index contributed by atoms with van der Waals surface area (Å²) in [4.78, 5) is 12.4. The van der Waals surface area contributed by atoms with E-state index in [-0.39, 0.29) is 17.7 Å². The Balaban J connectivity index is 2.01. The third-order valence-corrected chi connectivity index (χ3v) is 3.71. The van der Waals surface area contributed by atoms with Crippen LogP contribution >= 0.6 is 0 Å².